The first-order chi connectivity index (χ1) is 9.70. The van der Waals surface area contributed by atoms with Gasteiger partial charge < -0.3 is 10.1 Å². The summed E-state index contributed by atoms with van der Waals surface area (Å²) in [6, 6.07) is 10.6. The molecule has 1 aliphatic carbocycles. The summed E-state index contributed by atoms with van der Waals surface area (Å²) in [6.45, 7) is 2.92. The lowest BCUT2D eigenvalue weighted by Crippen LogP contribution is -2.15. The Balaban J connectivity index is 1.68. The van der Waals surface area contributed by atoms with Crippen molar-refractivity contribution in [1.82, 2.24) is 10.3 Å². The molecular weight excluding hydrogens is 316 g/mol. The Kier molecular flexibility index (Phi) is 4.03. The molecule has 1 N–H and O–H groups in total. The van der Waals surface area contributed by atoms with Gasteiger partial charge in [-0.25, -0.2) is 4.98 Å². The van der Waals surface area contributed by atoms with Crippen LogP contribution in [0, 0.1) is 6.92 Å². The molecule has 1 saturated carbocycles. The van der Waals surface area contributed by atoms with Crippen molar-refractivity contribution in [2.75, 3.05) is 0 Å². The Morgan fingerprint density at radius 3 is 2.70 bits per heavy atom. The van der Waals surface area contributed by atoms with Crippen molar-refractivity contribution in [3.63, 3.8) is 0 Å². The number of aryl methyl sites for hydroxylation is 1. The van der Waals surface area contributed by atoms with Gasteiger partial charge in [0.2, 0.25) is 5.88 Å². The third kappa shape index (κ3) is 3.58. The van der Waals surface area contributed by atoms with Crippen LogP contribution in [0.25, 0.3) is 0 Å². The highest BCUT2D eigenvalue weighted by molar-refractivity contribution is 9.10. The van der Waals surface area contributed by atoms with Gasteiger partial charge in [0.25, 0.3) is 0 Å². The number of ether oxygens (including phenoxy) is 1. The number of hydrogen-bond acceptors (Lipinski definition) is 3. The maximum absolute atomic E-state index is 5.80. The summed E-state index contributed by atoms with van der Waals surface area (Å²) >= 11 is 3.41. The van der Waals surface area contributed by atoms with Gasteiger partial charge in [-0.05, 0) is 55.7 Å². The van der Waals surface area contributed by atoms with Gasteiger partial charge >= 0.3 is 0 Å². The Labute approximate surface area is 127 Å². The number of benzene rings is 1. The van der Waals surface area contributed by atoms with E-state index in [2.05, 4.69) is 32.3 Å². The number of rotatable bonds is 5. The van der Waals surface area contributed by atoms with Crippen LogP contribution in [0.3, 0.4) is 0 Å². The summed E-state index contributed by atoms with van der Waals surface area (Å²) in [5, 5.41) is 3.49. The first-order valence-corrected chi connectivity index (χ1v) is 7.62. The summed E-state index contributed by atoms with van der Waals surface area (Å²) in [5.41, 5.74) is 2.26. The topological polar surface area (TPSA) is 34.2 Å². The number of nitrogens with one attached hydrogen (secondary N) is 1. The van der Waals surface area contributed by atoms with E-state index >= 15 is 0 Å². The minimum Gasteiger partial charge on any atom is -0.439 e. The average Bonchev–Trinajstić information content (AvgIpc) is 3.26. The van der Waals surface area contributed by atoms with Crippen molar-refractivity contribution >= 4 is 15.9 Å². The zero-order valence-corrected chi connectivity index (χ0v) is 13.0. The van der Waals surface area contributed by atoms with Crippen LogP contribution in [0.4, 0.5) is 0 Å². The smallest absolute Gasteiger partial charge is 0.222 e. The molecule has 0 radical (unpaired) electrons. The fraction of sp³-hybridized carbons (Fsp3) is 0.312. The largest absolute Gasteiger partial charge is 0.439 e. The van der Waals surface area contributed by atoms with E-state index in [9.17, 15) is 0 Å². The second-order valence-electron chi connectivity index (χ2n) is 5.18. The highest BCUT2D eigenvalue weighted by Gasteiger charge is 2.20. The van der Waals surface area contributed by atoms with E-state index in [-0.39, 0.29) is 0 Å². The number of aromatic nitrogens is 1. The van der Waals surface area contributed by atoms with Gasteiger partial charge in [-0.15, -0.1) is 0 Å². The third-order valence-electron chi connectivity index (χ3n) is 3.29. The van der Waals surface area contributed by atoms with E-state index in [1.165, 1.54) is 18.4 Å². The molecule has 0 bridgehead atoms. The minimum atomic E-state index is 0.669. The van der Waals surface area contributed by atoms with E-state index in [4.69, 9.17) is 4.74 Å². The lowest BCUT2D eigenvalue weighted by molar-refractivity contribution is 0.458. The van der Waals surface area contributed by atoms with Crippen molar-refractivity contribution in [3.8, 4) is 11.6 Å². The third-order valence-corrected chi connectivity index (χ3v) is 3.82. The number of nitrogens with zero attached hydrogens (tertiary/aromatic N) is 1. The van der Waals surface area contributed by atoms with Crippen molar-refractivity contribution in [2.24, 2.45) is 0 Å². The Morgan fingerprint density at radius 2 is 2.05 bits per heavy atom. The molecule has 2 aromatic rings. The minimum absolute atomic E-state index is 0.669. The molecule has 1 fully saturated rings. The highest BCUT2D eigenvalue weighted by atomic mass is 79.9. The van der Waals surface area contributed by atoms with Gasteiger partial charge in [-0.2, -0.15) is 0 Å². The van der Waals surface area contributed by atoms with E-state index in [1.54, 1.807) is 0 Å². The lowest BCUT2D eigenvalue weighted by atomic mass is 10.2. The molecule has 3 nitrogen and oxygen atoms in total. The molecule has 1 aromatic carbocycles. The van der Waals surface area contributed by atoms with Crippen LogP contribution in [0.5, 0.6) is 11.6 Å². The Morgan fingerprint density at radius 1 is 1.30 bits per heavy atom. The molecule has 0 unspecified atom stereocenters. The fourth-order valence-corrected chi connectivity index (χ4v) is 2.25. The first-order valence-electron chi connectivity index (χ1n) is 6.83. The van der Waals surface area contributed by atoms with Gasteiger partial charge in [0.05, 0.1) is 0 Å². The summed E-state index contributed by atoms with van der Waals surface area (Å²) < 4.78 is 6.84. The van der Waals surface area contributed by atoms with Gasteiger partial charge in [0, 0.05) is 28.8 Å². The first kappa shape index (κ1) is 13.6. The molecular formula is C16H17BrN2O. The summed E-state index contributed by atoms with van der Waals surface area (Å²) in [6.07, 6.45) is 4.49. The van der Waals surface area contributed by atoms with Crippen molar-refractivity contribution in [2.45, 2.75) is 32.4 Å². The molecule has 0 atom stereocenters. The summed E-state index contributed by atoms with van der Waals surface area (Å²) in [7, 11) is 0. The van der Waals surface area contributed by atoms with E-state index in [0.717, 1.165) is 22.3 Å². The predicted molar refractivity (Wildman–Crippen MR) is 83.1 cm³/mol. The number of halogens is 1. The monoisotopic (exact) mass is 332 g/mol. The molecule has 1 aromatic heterocycles. The van der Waals surface area contributed by atoms with E-state index in [0.29, 0.717) is 11.9 Å². The zero-order valence-electron chi connectivity index (χ0n) is 11.4. The highest BCUT2D eigenvalue weighted by Crippen LogP contribution is 2.25. The van der Waals surface area contributed by atoms with E-state index < -0.39 is 0 Å². The number of hydrogen-bond donors (Lipinski definition) is 1. The zero-order chi connectivity index (χ0) is 13.9. The maximum atomic E-state index is 5.80. The van der Waals surface area contributed by atoms with Crippen LogP contribution >= 0.6 is 15.9 Å². The normalized spacial score (nSPS) is 14.3. The fourth-order valence-electron chi connectivity index (χ4n) is 1.99. The quantitative estimate of drug-likeness (QED) is 0.891. The molecule has 20 heavy (non-hydrogen) atoms. The van der Waals surface area contributed by atoms with Crippen molar-refractivity contribution < 1.29 is 4.74 Å². The standard InChI is InChI=1S/C16H17BrN2O/c1-11-8-12(9-18-14-4-5-14)10-19-16(11)20-15-6-2-13(17)3-7-15/h2-3,6-8,10,14,18H,4-5,9H2,1H3. The second kappa shape index (κ2) is 5.94. The molecule has 4 heteroatoms. The van der Waals surface area contributed by atoms with Crippen LogP contribution in [-0.4, -0.2) is 11.0 Å². The summed E-state index contributed by atoms with van der Waals surface area (Å²) in [4.78, 5) is 4.42. The Hall–Kier alpha value is -1.39. The molecule has 1 aliphatic rings. The van der Waals surface area contributed by atoms with Gasteiger partial charge in [-0.1, -0.05) is 15.9 Å². The van der Waals surface area contributed by atoms with Crippen LogP contribution in [0.2, 0.25) is 0 Å². The van der Waals surface area contributed by atoms with Crippen LogP contribution in [0.1, 0.15) is 24.0 Å². The van der Waals surface area contributed by atoms with Gasteiger partial charge in [0.1, 0.15) is 5.75 Å². The SMILES string of the molecule is Cc1cc(CNC2CC2)cnc1Oc1ccc(Br)cc1. The molecule has 3 rings (SSSR count). The lowest BCUT2D eigenvalue weighted by Gasteiger charge is -2.09. The van der Waals surface area contributed by atoms with Crippen LogP contribution < -0.4 is 10.1 Å². The van der Waals surface area contributed by atoms with Gasteiger partial charge in [-0.3, -0.25) is 0 Å². The van der Waals surface area contributed by atoms with Crippen molar-refractivity contribution in [1.29, 1.82) is 0 Å². The van der Waals surface area contributed by atoms with E-state index in [1.807, 2.05) is 37.4 Å². The van der Waals surface area contributed by atoms with Crippen LogP contribution in [-0.2, 0) is 6.54 Å². The van der Waals surface area contributed by atoms with Crippen LogP contribution in [0.15, 0.2) is 41.0 Å². The maximum Gasteiger partial charge on any atom is 0.222 e. The molecule has 0 saturated heterocycles. The molecule has 104 valence electrons. The molecule has 0 spiro atoms. The van der Waals surface area contributed by atoms with Crippen molar-refractivity contribution in [3.05, 3.63) is 52.1 Å². The molecule has 0 amide bonds. The predicted octanol–water partition coefficient (Wildman–Crippen LogP) is 4.20. The molecule has 1 heterocycles. The Bertz CT molecular complexity index is 594. The second-order valence-corrected chi connectivity index (χ2v) is 6.09. The molecule has 0 aliphatic heterocycles. The average molecular weight is 333 g/mol. The summed E-state index contributed by atoms with van der Waals surface area (Å²) in [5.74, 6) is 1.47. The van der Waals surface area contributed by atoms with Gasteiger partial charge in [0.15, 0.2) is 0 Å². The number of pyridine rings is 1.